The molecule has 0 spiro atoms. The summed E-state index contributed by atoms with van der Waals surface area (Å²) in [6, 6.07) is 7.28. The fourth-order valence-electron chi connectivity index (χ4n) is 2.29. The van der Waals surface area contributed by atoms with Crippen molar-refractivity contribution >= 4 is 17.5 Å². The molecule has 2 aromatic heterocycles. The van der Waals surface area contributed by atoms with Crippen molar-refractivity contribution in [1.29, 1.82) is 0 Å². The molecule has 0 radical (unpaired) electrons. The van der Waals surface area contributed by atoms with E-state index in [0.717, 1.165) is 17.3 Å². The maximum atomic E-state index is 13.0. The van der Waals surface area contributed by atoms with Crippen LogP contribution in [0.4, 0.5) is 4.39 Å². The first-order valence-electron chi connectivity index (χ1n) is 8.18. The number of hydrogen-bond donors (Lipinski definition) is 1. The van der Waals surface area contributed by atoms with Gasteiger partial charge >= 0.3 is 0 Å². The zero-order valence-electron chi connectivity index (χ0n) is 14.7. The average molecular weight is 390 g/mol. The molecule has 0 saturated carbocycles. The second-order valence-electron chi connectivity index (χ2n) is 5.95. The number of nitrogens with one attached hydrogen (secondary N) is 1. The van der Waals surface area contributed by atoms with Crippen molar-refractivity contribution < 1.29 is 18.3 Å². The molecule has 1 unspecified atom stereocenters. The summed E-state index contributed by atoms with van der Waals surface area (Å²) < 4.78 is 23.7. The van der Waals surface area contributed by atoms with Gasteiger partial charge in [0.15, 0.2) is 12.3 Å². The molecule has 1 aromatic carbocycles. The van der Waals surface area contributed by atoms with Crippen LogP contribution in [-0.2, 0) is 6.61 Å². The topological polar surface area (TPSA) is 77.2 Å². The number of nitrogens with zero attached hydrogens (tertiary/aromatic N) is 2. The quantitative estimate of drug-likeness (QED) is 0.682. The molecule has 3 rings (SSSR count). The minimum Gasteiger partial charge on any atom is -0.482 e. The Labute approximate surface area is 160 Å². The third kappa shape index (κ3) is 4.83. The highest BCUT2D eigenvalue weighted by Gasteiger charge is 2.17. The van der Waals surface area contributed by atoms with Crippen LogP contribution in [0.3, 0.4) is 0 Å². The molecule has 0 aliphatic heterocycles. The largest absolute Gasteiger partial charge is 0.482 e. The minimum absolute atomic E-state index is 0.0479. The summed E-state index contributed by atoms with van der Waals surface area (Å²) in [5.74, 6) is -0.359. The normalized spacial score (nSPS) is 11.9. The molecule has 1 atom stereocenters. The fraction of sp³-hybridized carbons (Fsp3) is 0.211. The van der Waals surface area contributed by atoms with Gasteiger partial charge in [-0.2, -0.15) is 0 Å². The first-order valence-corrected chi connectivity index (χ1v) is 8.56. The lowest BCUT2D eigenvalue weighted by atomic mass is 10.2. The van der Waals surface area contributed by atoms with Gasteiger partial charge in [0.1, 0.15) is 17.8 Å². The number of carbonyl (C=O) groups is 1. The van der Waals surface area contributed by atoms with E-state index in [2.05, 4.69) is 15.3 Å². The second kappa shape index (κ2) is 8.18. The number of pyridine rings is 1. The Morgan fingerprint density at radius 2 is 2.19 bits per heavy atom. The Kier molecular flexibility index (Phi) is 5.71. The fourth-order valence-corrected chi connectivity index (χ4v) is 2.51. The number of amides is 1. The van der Waals surface area contributed by atoms with Gasteiger partial charge in [-0.1, -0.05) is 17.7 Å². The van der Waals surface area contributed by atoms with Gasteiger partial charge in [0.25, 0.3) is 5.91 Å². The molecule has 1 N–H and O–H groups in total. The molecule has 2 heterocycles. The molecule has 3 aromatic rings. The molecule has 8 heteroatoms. The Hall–Kier alpha value is -2.93. The molecule has 6 nitrogen and oxygen atoms in total. The van der Waals surface area contributed by atoms with Crippen LogP contribution in [0.15, 0.2) is 47.2 Å². The third-order valence-corrected chi connectivity index (χ3v) is 4.05. The molecule has 0 aliphatic rings. The van der Waals surface area contributed by atoms with Crippen LogP contribution in [0.2, 0.25) is 5.02 Å². The number of carbonyl (C=O) groups excluding carboxylic acids is 1. The predicted octanol–water partition coefficient (Wildman–Crippen LogP) is 4.24. The monoisotopic (exact) mass is 389 g/mol. The van der Waals surface area contributed by atoms with Gasteiger partial charge in [-0.25, -0.2) is 9.37 Å². The summed E-state index contributed by atoms with van der Waals surface area (Å²) >= 11 is 5.89. The SMILES string of the molecule is Cc1ccc(C(C)NC(=O)c2coc(COc3ccc(F)cc3Cl)n2)nc1. The van der Waals surface area contributed by atoms with Gasteiger partial charge in [-0.15, -0.1) is 0 Å². The van der Waals surface area contributed by atoms with Crippen LogP contribution in [0.25, 0.3) is 0 Å². The average Bonchev–Trinajstić information content (AvgIpc) is 3.10. The number of oxazole rings is 1. The van der Waals surface area contributed by atoms with E-state index in [-0.39, 0.29) is 35.2 Å². The molecular weight excluding hydrogens is 373 g/mol. The van der Waals surface area contributed by atoms with Crippen LogP contribution in [0.1, 0.15) is 40.6 Å². The number of benzene rings is 1. The highest BCUT2D eigenvalue weighted by molar-refractivity contribution is 6.32. The standard InChI is InChI=1S/C19H17ClFN3O3/c1-11-3-5-15(22-8-11)12(2)23-19(25)16-9-27-18(24-16)10-26-17-6-4-13(21)7-14(17)20/h3-9,12H,10H2,1-2H3,(H,23,25). The minimum atomic E-state index is -0.459. The van der Waals surface area contributed by atoms with Gasteiger partial charge in [0.05, 0.1) is 16.8 Å². The van der Waals surface area contributed by atoms with Crippen molar-refractivity contribution in [2.24, 2.45) is 0 Å². The first-order chi connectivity index (χ1) is 12.9. The third-order valence-electron chi connectivity index (χ3n) is 3.75. The Bertz CT molecular complexity index is 944. The second-order valence-corrected chi connectivity index (χ2v) is 6.35. The van der Waals surface area contributed by atoms with E-state index in [9.17, 15) is 9.18 Å². The van der Waals surface area contributed by atoms with Crippen molar-refractivity contribution in [3.05, 3.63) is 76.5 Å². The van der Waals surface area contributed by atoms with Crippen LogP contribution in [0.5, 0.6) is 5.75 Å². The molecule has 27 heavy (non-hydrogen) atoms. The van der Waals surface area contributed by atoms with Crippen molar-refractivity contribution in [2.75, 3.05) is 0 Å². The van der Waals surface area contributed by atoms with Gasteiger partial charge in [-0.05, 0) is 43.7 Å². The summed E-state index contributed by atoms with van der Waals surface area (Å²) in [5, 5.41) is 2.94. The lowest BCUT2D eigenvalue weighted by Gasteiger charge is -2.12. The summed E-state index contributed by atoms with van der Waals surface area (Å²) in [4.78, 5) is 20.7. The van der Waals surface area contributed by atoms with E-state index < -0.39 is 5.82 Å². The molecule has 0 aliphatic carbocycles. The number of aryl methyl sites for hydroxylation is 1. The summed E-state index contributed by atoms with van der Waals surface area (Å²) in [7, 11) is 0. The van der Waals surface area contributed by atoms with E-state index in [0.29, 0.717) is 5.75 Å². The van der Waals surface area contributed by atoms with Gasteiger partial charge in [0.2, 0.25) is 5.89 Å². The molecule has 1 amide bonds. The van der Waals surface area contributed by atoms with Crippen LogP contribution in [0, 0.1) is 12.7 Å². The van der Waals surface area contributed by atoms with Crippen molar-refractivity contribution in [1.82, 2.24) is 15.3 Å². The van der Waals surface area contributed by atoms with Crippen LogP contribution >= 0.6 is 11.6 Å². The van der Waals surface area contributed by atoms with Crippen LogP contribution < -0.4 is 10.1 Å². The molecule has 0 fully saturated rings. The Morgan fingerprint density at radius 3 is 2.89 bits per heavy atom. The zero-order chi connectivity index (χ0) is 19.4. The smallest absolute Gasteiger partial charge is 0.273 e. The Balaban J connectivity index is 1.59. The van der Waals surface area contributed by atoms with Crippen molar-refractivity contribution in [3.63, 3.8) is 0 Å². The first kappa shape index (κ1) is 18.8. The summed E-state index contributed by atoms with van der Waals surface area (Å²) in [6.07, 6.45) is 2.99. The summed E-state index contributed by atoms with van der Waals surface area (Å²) in [6.45, 7) is 3.72. The van der Waals surface area contributed by atoms with Gasteiger partial charge < -0.3 is 14.5 Å². The Morgan fingerprint density at radius 1 is 1.37 bits per heavy atom. The molecule has 0 bridgehead atoms. The van der Waals surface area contributed by atoms with E-state index in [1.807, 2.05) is 26.0 Å². The lowest BCUT2D eigenvalue weighted by Crippen LogP contribution is -2.27. The maximum Gasteiger partial charge on any atom is 0.273 e. The number of ether oxygens (including phenoxy) is 1. The number of hydrogen-bond acceptors (Lipinski definition) is 5. The highest BCUT2D eigenvalue weighted by Crippen LogP contribution is 2.25. The molecule has 0 saturated heterocycles. The molecular formula is C19H17ClFN3O3. The highest BCUT2D eigenvalue weighted by atomic mass is 35.5. The maximum absolute atomic E-state index is 13.0. The summed E-state index contributed by atoms with van der Waals surface area (Å²) in [5.41, 5.74) is 1.91. The lowest BCUT2D eigenvalue weighted by molar-refractivity contribution is 0.0934. The van der Waals surface area contributed by atoms with Gasteiger partial charge in [0, 0.05) is 6.20 Å². The molecule has 140 valence electrons. The van der Waals surface area contributed by atoms with E-state index >= 15 is 0 Å². The number of rotatable bonds is 6. The van der Waals surface area contributed by atoms with Crippen molar-refractivity contribution in [2.45, 2.75) is 26.5 Å². The van der Waals surface area contributed by atoms with E-state index in [4.69, 9.17) is 20.8 Å². The van der Waals surface area contributed by atoms with Gasteiger partial charge in [-0.3, -0.25) is 9.78 Å². The van der Waals surface area contributed by atoms with E-state index in [1.54, 1.807) is 6.20 Å². The number of halogens is 2. The number of aromatic nitrogens is 2. The van der Waals surface area contributed by atoms with Crippen LogP contribution in [-0.4, -0.2) is 15.9 Å². The zero-order valence-corrected chi connectivity index (χ0v) is 15.5. The van der Waals surface area contributed by atoms with Crippen molar-refractivity contribution in [3.8, 4) is 5.75 Å². The predicted molar refractivity (Wildman–Crippen MR) is 97.1 cm³/mol. The van der Waals surface area contributed by atoms with E-state index in [1.165, 1.54) is 18.4 Å².